The Morgan fingerprint density at radius 3 is 2.46 bits per heavy atom. The van der Waals surface area contributed by atoms with Crippen molar-refractivity contribution in [3.63, 3.8) is 0 Å². The highest BCUT2D eigenvalue weighted by molar-refractivity contribution is 6.04. The Balaban J connectivity index is 1.84. The van der Waals surface area contributed by atoms with Gasteiger partial charge in [-0.1, -0.05) is 18.2 Å². The van der Waals surface area contributed by atoms with E-state index < -0.39 is 36.1 Å². The molecule has 2 aliphatic rings. The summed E-state index contributed by atoms with van der Waals surface area (Å²) in [6, 6.07) is 13.1. The minimum absolute atomic E-state index is 0.0901. The largest absolute Gasteiger partial charge is 0.483 e. The molecule has 2 heterocycles. The smallest absolute Gasteiger partial charge is 0.463 e. The van der Waals surface area contributed by atoms with Gasteiger partial charge in [0.1, 0.15) is 11.4 Å². The topological polar surface area (TPSA) is 82.4 Å². The third kappa shape index (κ3) is 3.99. The number of hydrogen-bond acceptors (Lipinski definition) is 4. The molecule has 6 nitrogen and oxygen atoms in total. The van der Waals surface area contributed by atoms with Gasteiger partial charge in [0.25, 0.3) is 5.91 Å². The number of amides is 2. The lowest BCUT2D eigenvalue weighted by Gasteiger charge is -2.39. The van der Waals surface area contributed by atoms with Crippen LogP contribution >= 0.6 is 0 Å². The van der Waals surface area contributed by atoms with Crippen LogP contribution in [0.3, 0.4) is 0 Å². The zero-order chi connectivity index (χ0) is 25.8. The van der Waals surface area contributed by atoms with Crippen LogP contribution in [0.25, 0.3) is 5.70 Å². The number of halogens is 5. The van der Waals surface area contributed by atoms with Crippen molar-refractivity contribution in [2.75, 3.05) is 6.54 Å². The van der Waals surface area contributed by atoms with Crippen molar-refractivity contribution in [2.45, 2.75) is 38.1 Å². The van der Waals surface area contributed by atoms with Gasteiger partial charge in [0.15, 0.2) is 0 Å². The highest BCUT2D eigenvalue weighted by Gasteiger charge is 2.63. The molecule has 0 unspecified atom stereocenters. The predicted octanol–water partition coefficient (Wildman–Crippen LogP) is 4.41. The molecule has 0 radical (unpaired) electrons. The summed E-state index contributed by atoms with van der Waals surface area (Å²) >= 11 is 0. The summed E-state index contributed by atoms with van der Waals surface area (Å²) in [6.45, 7) is 2.40. The maximum Gasteiger partial charge on any atom is 0.463 e. The molecule has 2 aliphatic heterocycles. The Kier molecular flexibility index (Phi) is 5.58. The molecule has 2 aromatic carbocycles. The summed E-state index contributed by atoms with van der Waals surface area (Å²) < 4.78 is 71.1. The van der Waals surface area contributed by atoms with Crippen molar-refractivity contribution >= 4 is 17.5 Å². The van der Waals surface area contributed by atoms with Gasteiger partial charge < -0.3 is 15.0 Å². The average Bonchev–Trinajstić information content (AvgIpc) is 3.11. The van der Waals surface area contributed by atoms with E-state index >= 15 is 0 Å². The van der Waals surface area contributed by atoms with Crippen LogP contribution in [-0.2, 0) is 11.3 Å². The molecule has 1 N–H and O–H groups in total. The second-order valence-electron chi connectivity index (χ2n) is 8.57. The Hall–Kier alpha value is -3.94. The second-order valence-corrected chi connectivity index (χ2v) is 8.57. The first-order valence-corrected chi connectivity index (χ1v) is 10.4. The number of nitriles is 1. The molecule has 0 aromatic heterocycles. The molecule has 0 saturated heterocycles. The lowest BCUT2D eigenvalue weighted by atomic mass is 9.88. The van der Waals surface area contributed by atoms with E-state index in [1.54, 1.807) is 29.6 Å². The van der Waals surface area contributed by atoms with Crippen molar-refractivity contribution in [3.8, 4) is 11.8 Å². The molecular weight excluding hydrogens is 473 g/mol. The van der Waals surface area contributed by atoms with Gasteiger partial charge in [-0.15, -0.1) is 0 Å². The normalized spacial score (nSPS) is 16.9. The molecule has 2 aromatic rings. The van der Waals surface area contributed by atoms with Crippen LogP contribution in [0.15, 0.2) is 48.0 Å². The number of nitrogens with zero attached hydrogens (tertiary/aromatic N) is 2. The number of alkyl halides is 5. The Morgan fingerprint density at radius 2 is 1.83 bits per heavy atom. The van der Waals surface area contributed by atoms with Crippen molar-refractivity contribution in [1.82, 2.24) is 10.2 Å². The molecule has 0 spiro atoms. The van der Waals surface area contributed by atoms with Gasteiger partial charge in [-0.05, 0) is 43.7 Å². The number of nitrogens with one attached hydrogen (secondary N) is 1. The van der Waals surface area contributed by atoms with E-state index in [9.17, 15) is 36.8 Å². The standard InChI is InChI=1S/C24H18F5N3O3/c1-22(2)17(11-31-21(34)23(25,26)24(27,28)29)19(16-9-13(10-30)7-8-18(16)35-22)32-12-14-5-3-4-6-15(14)20(32)33/h3-9H,11-12H2,1-2H3,(H,31,34). The van der Waals surface area contributed by atoms with Crippen LogP contribution in [0.2, 0.25) is 0 Å². The average molecular weight is 491 g/mol. The molecule has 4 rings (SSSR count). The molecule has 0 bridgehead atoms. The third-order valence-electron chi connectivity index (χ3n) is 5.90. The van der Waals surface area contributed by atoms with E-state index in [1.165, 1.54) is 36.9 Å². The summed E-state index contributed by atoms with van der Waals surface area (Å²) in [5, 5.41) is 11.0. The third-order valence-corrected chi connectivity index (χ3v) is 5.90. The van der Waals surface area contributed by atoms with Crippen molar-refractivity contribution in [2.24, 2.45) is 0 Å². The molecule has 0 aliphatic carbocycles. The van der Waals surface area contributed by atoms with Crippen LogP contribution in [0.5, 0.6) is 5.75 Å². The summed E-state index contributed by atoms with van der Waals surface area (Å²) in [5.41, 5.74) is 0.509. The van der Waals surface area contributed by atoms with Gasteiger partial charge in [-0.25, -0.2) is 0 Å². The highest BCUT2D eigenvalue weighted by Crippen LogP contribution is 2.45. The first-order valence-electron chi connectivity index (χ1n) is 10.4. The summed E-state index contributed by atoms with van der Waals surface area (Å²) in [5.74, 6) is -8.28. The molecule has 0 saturated carbocycles. The minimum atomic E-state index is -6.08. The quantitative estimate of drug-likeness (QED) is 0.643. The van der Waals surface area contributed by atoms with Gasteiger partial charge in [0, 0.05) is 23.2 Å². The SMILES string of the molecule is CC1(C)Oc2ccc(C#N)cc2C(N2Cc3ccccc3C2=O)=C1CNC(=O)C(F)(F)C(F)(F)F. The molecular formula is C24H18F5N3O3. The van der Waals surface area contributed by atoms with E-state index in [1.807, 2.05) is 6.07 Å². The Morgan fingerprint density at radius 1 is 1.14 bits per heavy atom. The molecule has 35 heavy (non-hydrogen) atoms. The van der Waals surface area contributed by atoms with E-state index in [0.717, 1.165) is 0 Å². The van der Waals surface area contributed by atoms with Gasteiger partial charge in [0.2, 0.25) is 0 Å². The van der Waals surface area contributed by atoms with Crippen LogP contribution in [-0.4, -0.2) is 41.0 Å². The van der Waals surface area contributed by atoms with E-state index in [-0.39, 0.29) is 34.7 Å². The summed E-state index contributed by atoms with van der Waals surface area (Å²) in [7, 11) is 0. The number of carbonyl (C=O) groups is 2. The second kappa shape index (κ2) is 8.08. The fourth-order valence-corrected chi connectivity index (χ4v) is 4.11. The molecule has 2 amide bonds. The lowest BCUT2D eigenvalue weighted by molar-refractivity contribution is -0.269. The number of rotatable bonds is 4. The minimum Gasteiger partial charge on any atom is -0.483 e. The molecule has 11 heteroatoms. The Bertz CT molecular complexity index is 1310. The van der Waals surface area contributed by atoms with Gasteiger partial charge >= 0.3 is 18.0 Å². The number of benzene rings is 2. The monoisotopic (exact) mass is 491 g/mol. The first-order chi connectivity index (χ1) is 16.3. The maximum absolute atomic E-state index is 13.6. The van der Waals surface area contributed by atoms with Crippen molar-refractivity contribution in [1.29, 1.82) is 5.26 Å². The van der Waals surface area contributed by atoms with Crippen molar-refractivity contribution < 1.29 is 36.3 Å². The fraction of sp³-hybridized carbons (Fsp3) is 0.292. The zero-order valence-electron chi connectivity index (χ0n) is 18.5. The number of hydrogen-bond donors (Lipinski definition) is 1. The molecule has 182 valence electrons. The van der Waals surface area contributed by atoms with E-state index in [4.69, 9.17) is 4.74 Å². The van der Waals surface area contributed by atoms with E-state index in [2.05, 4.69) is 0 Å². The number of fused-ring (bicyclic) bond motifs is 2. The highest BCUT2D eigenvalue weighted by atomic mass is 19.4. The van der Waals surface area contributed by atoms with Gasteiger partial charge in [-0.2, -0.15) is 27.2 Å². The molecule has 0 atom stereocenters. The number of carbonyl (C=O) groups excluding carboxylic acids is 2. The molecule has 0 fully saturated rings. The van der Waals surface area contributed by atoms with Gasteiger partial charge in [0.05, 0.1) is 23.9 Å². The van der Waals surface area contributed by atoms with Crippen LogP contribution < -0.4 is 10.1 Å². The van der Waals surface area contributed by atoms with Crippen LogP contribution in [0.1, 0.15) is 40.9 Å². The Labute approximate surface area is 196 Å². The van der Waals surface area contributed by atoms with Crippen LogP contribution in [0.4, 0.5) is 22.0 Å². The van der Waals surface area contributed by atoms with Crippen LogP contribution in [0, 0.1) is 11.3 Å². The van der Waals surface area contributed by atoms with E-state index in [0.29, 0.717) is 11.1 Å². The number of ether oxygens (including phenoxy) is 1. The lowest BCUT2D eigenvalue weighted by Crippen LogP contribution is -2.52. The van der Waals surface area contributed by atoms with Gasteiger partial charge in [-0.3, -0.25) is 9.59 Å². The maximum atomic E-state index is 13.6. The summed E-state index contributed by atoms with van der Waals surface area (Å²) in [6.07, 6.45) is -6.08. The predicted molar refractivity (Wildman–Crippen MR) is 113 cm³/mol. The fourth-order valence-electron chi connectivity index (χ4n) is 4.11. The first kappa shape index (κ1) is 24.2. The summed E-state index contributed by atoms with van der Waals surface area (Å²) in [4.78, 5) is 26.4. The van der Waals surface area contributed by atoms with Crippen molar-refractivity contribution in [3.05, 3.63) is 70.3 Å². The zero-order valence-corrected chi connectivity index (χ0v) is 18.5.